The fourth-order valence-corrected chi connectivity index (χ4v) is 2.56. The third-order valence-electron chi connectivity index (χ3n) is 3.83. The minimum atomic E-state index is -0.129. The van der Waals surface area contributed by atoms with Crippen molar-refractivity contribution in [2.75, 3.05) is 13.2 Å². The molecule has 118 valence electrons. The molecule has 6 nitrogen and oxygen atoms in total. The second kappa shape index (κ2) is 8.02. The lowest BCUT2D eigenvalue weighted by atomic mass is 10.0. The van der Waals surface area contributed by atoms with E-state index in [9.17, 15) is 4.79 Å². The Labute approximate surface area is 126 Å². The van der Waals surface area contributed by atoms with E-state index >= 15 is 0 Å². The lowest BCUT2D eigenvalue weighted by Crippen LogP contribution is -2.37. The number of aromatic nitrogens is 2. The van der Waals surface area contributed by atoms with E-state index in [2.05, 4.69) is 15.7 Å². The number of hydrogen-bond donors (Lipinski definition) is 2. The smallest absolute Gasteiger partial charge is 0.315 e. The zero-order chi connectivity index (χ0) is 15.1. The second-order valence-electron chi connectivity index (χ2n) is 5.70. The minimum absolute atomic E-state index is 0.0413. The van der Waals surface area contributed by atoms with Gasteiger partial charge in [-0.25, -0.2) is 4.79 Å². The summed E-state index contributed by atoms with van der Waals surface area (Å²) in [4.78, 5) is 11.8. The third-order valence-corrected chi connectivity index (χ3v) is 3.83. The summed E-state index contributed by atoms with van der Waals surface area (Å²) in [5.74, 6) is 0. The van der Waals surface area contributed by atoms with E-state index in [-0.39, 0.29) is 12.1 Å². The quantitative estimate of drug-likeness (QED) is 0.790. The van der Waals surface area contributed by atoms with E-state index in [1.165, 1.54) is 12.8 Å². The zero-order valence-electron chi connectivity index (χ0n) is 13.0. The van der Waals surface area contributed by atoms with E-state index in [1.54, 1.807) is 10.9 Å². The fourth-order valence-electron chi connectivity index (χ4n) is 2.56. The Kier molecular flexibility index (Phi) is 6.04. The summed E-state index contributed by atoms with van der Waals surface area (Å²) in [5.41, 5.74) is 1.00. The first-order chi connectivity index (χ1) is 10.1. The molecule has 1 aromatic heterocycles. The van der Waals surface area contributed by atoms with Crippen LogP contribution in [0.1, 0.15) is 50.6 Å². The third kappa shape index (κ3) is 5.38. The van der Waals surface area contributed by atoms with Gasteiger partial charge in [-0.3, -0.25) is 4.68 Å². The van der Waals surface area contributed by atoms with Gasteiger partial charge in [0.1, 0.15) is 0 Å². The highest BCUT2D eigenvalue weighted by Gasteiger charge is 2.14. The predicted octanol–water partition coefficient (Wildman–Crippen LogP) is 2.13. The first kappa shape index (κ1) is 15.8. The van der Waals surface area contributed by atoms with Crippen LogP contribution < -0.4 is 10.6 Å². The Morgan fingerprint density at radius 1 is 1.57 bits per heavy atom. The van der Waals surface area contributed by atoms with Crippen LogP contribution in [0.3, 0.4) is 0 Å². The molecule has 0 bridgehead atoms. The predicted molar refractivity (Wildman–Crippen MR) is 81.0 cm³/mol. The Bertz CT molecular complexity index is 441. The lowest BCUT2D eigenvalue weighted by molar-refractivity contribution is 0.0103. The van der Waals surface area contributed by atoms with Crippen molar-refractivity contribution < 1.29 is 9.53 Å². The van der Waals surface area contributed by atoms with Gasteiger partial charge < -0.3 is 15.4 Å². The molecule has 0 aliphatic carbocycles. The number of amides is 2. The average Bonchev–Trinajstić information content (AvgIpc) is 2.91. The molecule has 1 saturated heterocycles. The standard InChI is InChI=1S/C15H26N4O2/c1-12(13-10-17-19(2)11-13)18-15(20)16-8-5-7-14-6-3-4-9-21-14/h10-12,14H,3-9H2,1-2H3,(H2,16,18,20). The first-order valence-electron chi connectivity index (χ1n) is 7.79. The summed E-state index contributed by atoms with van der Waals surface area (Å²) >= 11 is 0. The van der Waals surface area contributed by atoms with E-state index < -0.39 is 0 Å². The van der Waals surface area contributed by atoms with Crippen molar-refractivity contribution >= 4 is 6.03 Å². The molecule has 1 aliphatic rings. The van der Waals surface area contributed by atoms with Gasteiger partial charge in [0.05, 0.1) is 18.3 Å². The normalized spacial score (nSPS) is 20.0. The molecule has 2 heterocycles. The minimum Gasteiger partial charge on any atom is -0.378 e. The van der Waals surface area contributed by atoms with Crippen LogP contribution in [0, 0.1) is 0 Å². The van der Waals surface area contributed by atoms with Gasteiger partial charge in [0.25, 0.3) is 0 Å². The molecule has 2 unspecified atom stereocenters. The molecule has 21 heavy (non-hydrogen) atoms. The maximum atomic E-state index is 11.8. The Balaban J connectivity index is 1.58. The van der Waals surface area contributed by atoms with Crippen molar-refractivity contribution in [3.63, 3.8) is 0 Å². The monoisotopic (exact) mass is 294 g/mol. The summed E-state index contributed by atoms with van der Waals surface area (Å²) in [5, 5.41) is 9.91. The lowest BCUT2D eigenvalue weighted by Gasteiger charge is -2.22. The summed E-state index contributed by atoms with van der Waals surface area (Å²) < 4.78 is 7.40. The molecule has 1 aromatic rings. The molecule has 2 atom stereocenters. The van der Waals surface area contributed by atoms with Crippen molar-refractivity contribution in [1.82, 2.24) is 20.4 Å². The van der Waals surface area contributed by atoms with Crippen LogP contribution in [0.15, 0.2) is 12.4 Å². The second-order valence-corrected chi connectivity index (χ2v) is 5.70. The molecule has 1 aliphatic heterocycles. The highest BCUT2D eigenvalue weighted by atomic mass is 16.5. The number of carbonyl (C=O) groups excluding carboxylic acids is 1. The number of aryl methyl sites for hydroxylation is 1. The fraction of sp³-hybridized carbons (Fsp3) is 0.733. The van der Waals surface area contributed by atoms with Gasteiger partial charge in [0.15, 0.2) is 0 Å². The van der Waals surface area contributed by atoms with Gasteiger partial charge in [0.2, 0.25) is 0 Å². The Hall–Kier alpha value is -1.56. The van der Waals surface area contributed by atoms with Gasteiger partial charge in [0, 0.05) is 32.0 Å². The van der Waals surface area contributed by atoms with Gasteiger partial charge in [-0.1, -0.05) is 0 Å². The average molecular weight is 294 g/mol. The molecule has 0 aromatic carbocycles. The van der Waals surface area contributed by atoms with E-state index in [4.69, 9.17) is 4.74 Å². The topological polar surface area (TPSA) is 68.2 Å². The van der Waals surface area contributed by atoms with Crippen LogP contribution in [0.5, 0.6) is 0 Å². The molecule has 2 rings (SSSR count). The van der Waals surface area contributed by atoms with Crippen molar-refractivity contribution in [3.05, 3.63) is 18.0 Å². The molecular formula is C15H26N4O2. The molecule has 2 N–H and O–H groups in total. The van der Waals surface area contributed by atoms with Crippen LogP contribution in [0.25, 0.3) is 0 Å². The maximum absolute atomic E-state index is 11.8. The molecular weight excluding hydrogens is 268 g/mol. The van der Waals surface area contributed by atoms with Gasteiger partial charge in [-0.15, -0.1) is 0 Å². The largest absolute Gasteiger partial charge is 0.378 e. The van der Waals surface area contributed by atoms with Crippen LogP contribution in [0.2, 0.25) is 0 Å². The highest BCUT2D eigenvalue weighted by Crippen LogP contribution is 2.16. The SMILES string of the molecule is CC(NC(=O)NCCCC1CCCCO1)c1cnn(C)c1. The van der Waals surface area contributed by atoms with E-state index in [0.717, 1.165) is 31.4 Å². The van der Waals surface area contributed by atoms with Crippen LogP contribution in [-0.4, -0.2) is 35.1 Å². The van der Waals surface area contributed by atoms with Gasteiger partial charge in [-0.05, 0) is 39.0 Å². The first-order valence-corrected chi connectivity index (χ1v) is 7.79. The summed E-state index contributed by atoms with van der Waals surface area (Å²) in [6.07, 6.45) is 9.65. The van der Waals surface area contributed by atoms with Crippen molar-refractivity contribution in [1.29, 1.82) is 0 Å². The number of urea groups is 1. The van der Waals surface area contributed by atoms with Crippen molar-refractivity contribution in [2.24, 2.45) is 7.05 Å². The van der Waals surface area contributed by atoms with Crippen molar-refractivity contribution in [2.45, 2.75) is 51.2 Å². The Morgan fingerprint density at radius 2 is 2.43 bits per heavy atom. The number of nitrogens with zero attached hydrogens (tertiary/aromatic N) is 2. The Morgan fingerprint density at radius 3 is 3.10 bits per heavy atom. The summed E-state index contributed by atoms with van der Waals surface area (Å²) in [7, 11) is 1.86. The molecule has 0 spiro atoms. The highest BCUT2D eigenvalue weighted by molar-refractivity contribution is 5.74. The van der Waals surface area contributed by atoms with Crippen LogP contribution in [0.4, 0.5) is 4.79 Å². The summed E-state index contributed by atoms with van der Waals surface area (Å²) in [6, 6.07) is -0.170. The van der Waals surface area contributed by atoms with E-state index in [1.807, 2.05) is 20.2 Å². The van der Waals surface area contributed by atoms with E-state index in [0.29, 0.717) is 12.6 Å². The number of hydrogen-bond acceptors (Lipinski definition) is 3. The molecule has 1 fully saturated rings. The maximum Gasteiger partial charge on any atom is 0.315 e. The van der Waals surface area contributed by atoms with Gasteiger partial charge in [-0.2, -0.15) is 5.10 Å². The van der Waals surface area contributed by atoms with Crippen LogP contribution >= 0.6 is 0 Å². The van der Waals surface area contributed by atoms with Crippen molar-refractivity contribution in [3.8, 4) is 0 Å². The number of ether oxygens (including phenoxy) is 1. The summed E-state index contributed by atoms with van der Waals surface area (Å²) in [6.45, 7) is 3.53. The molecule has 6 heteroatoms. The zero-order valence-corrected chi connectivity index (χ0v) is 13.0. The molecule has 2 amide bonds. The molecule has 0 saturated carbocycles. The number of rotatable bonds is 6. The number of carbonyl (C=O) groups is 1. The van der Waals surface area contributed by atoms with Gasteiger partial charge >= 0.3 is 6.03 Å². The number of nitrogens with one attached hydrogen (secondary N) is 2. The molecule has 0 radical (unpaired) electrons. The van der Waals surface area contributed by atoms with Crippen LogP contribution in [-0.2, 0) is 11.8 Å².